The second-order valence-corrected chi connectivity index (χ2v) is 4.71. The van der Waals surface area contributed by atoms with Gasteiger partial charge in [0.05, 0.1) is 0 Å². The molecule has 0 saturated carbocycles. The molecule has 1 aliphatic heterocycles. The summed E-state index contributed by atoms with van der Waals surface area (Å²) in [7, 11) is 1.85. The van der Waals surface area contributed by atoms with E-state index in [0.29, 0.717) is 6.04 Å². The Bertz CT molecular complexity index is 420. The van der Waals surface area contributed by atoms with E-state index in [1.54, 1.807) is 4.90 Å². The maximum atomic E-state index is 12.0. The standard InChI is InChI=1S/C14H20N2O2.ClH/c1-11-5-3-4-6-13(11)18-10-14(17)16(2)12-7-8-15-9-12;/h3-6,12,15H,7-10H2,1-2H3;1H. The minimum Gasteiger partial charge on any atom is -0.484 e. The molecule has 1 heterocycles. The Kier molecular flexibility index (Phi) is 6.12. The number of nitrogens with zero attached hydrogens (tertiary/aromatic N) is 1. The summed E-state index contributed by atoms with van der Waals surface area (Å²) in [6.45, 7) is 3.95. The van der Waals surface area contributed by atoms with Gasteiger partial charge in [0.1, 0.15) is 5.75 Å². The molecule has 1 amide bonds. The first-order chi connectivity index (χ1) is 8.68. The minimum absolute atomic E-state index is 0. The quantitative estimate of drug-likeness (QED) is 0.913. The van der Waals surface area contributed by atoms with Crippen LogP contribution in [0.15, 0.2) is 24.3 Å². The Hall–Kier alpha value is -1.26. The van der Waals surface area contributed by atoms with E-state index in [4.69, 9.17) is 4.74 Å². The van der Waals surface area contributed by atoms with Crippen LogP contribution < -0.4 is 10.1 Å². The molecule has 1 atom stereocenters. The first kappa shape index (κ1) is 15.8. The number of carbonyl (C=O) groups is 1. The molecule has 1 fully saturated rings. The number of carbonyl (C=O) groups excluding carboxylic acids is 1. The van der Waals surface area contributed by atoms with Gasteiger partial charge in [-0.25, -0.2) is 0 Å². The van der Waals surface area contributed by atoms with Crippen molar-refractivity contribution < 1.29 is 9.53 Å². The van der Waals surface area contributed by atoms with Crippen LogP contribution in [0.1, 0.15) is 12.0 Å². The molecular formula is C14H21ClN2O2. The Labute approximate surface area is 120 Å². The monoisotopic (exact) mass is 284 g/mol. The minimum atomic E-state index is 0. The van der Waals surface area contributed by atoms with Crippen molar-refractivity contribution >= 4 is 18.3 Å². The molecule has 1 saturated heterocycles. The van der Waals surface area contributed by atoms with Crippen molar-refractivity contribution in [1.29, 1.82) is 0 Å². The Balaban J connectivity index is 0.00000180. The fourth-order valence-corrected chi connectivity index (χ4v) is 2.13. The van der Waals surface area contributed by atoms with Crippen molar-refractivity contribution in [2.75, 3.05) is 26.7 Å². The average Bonchev–Trinajstić information content (AvgIpc) is 2.90. The van der Waals surface area contributed by atoms with E-state index < -0.39 is 0 Å². The van der Waals surface area contributed by atoms with Crippen LogP contribution in [-0.2, 0) is 4.79 Å². The summed E-state index contributed by atoms with van der Waals surface area (Å²) in [5.74, 6) is 0.816. The van der Waals surface area contributed by atoms with Crippen LogP contribution in [0.3, 0.4) is 0 Å². The average molecular weight is 285 g/mol. The first-order valence-electron chi connectivity index (χ1n) is 6.33. The highest BCUT2D eigenvalue weighted by molar-refractivity contribution is 5.85. The van der Waals surface area contributed by atoms with Gasteiger partial charge in [0.2, 0.25) is 0 Å². The van der Waals surface area contributed by atoms with Gasteiger partial charge in [0.25, 0.3) is 5.91 Å². The number of halogens is 1. The van der Waals surface area contributed by atoms with E-state index >= 15 is 0 Å². The molecule has 1 aromatic rings. The van der Waals surface area contributed by atoms with Crippen LogP contribution in [0.5, 0.6) is 5.75 Å². The predicted octanol–water partition coefficient (Wildman–Crippen LogP) is 1.62. The van der Waals surface area contributed by atoms with E-state index in [2.05, 4.69) is 5.32 Å². The highest BCUT2D eigenvalue weighted by Gasteiger charge is 2.23. The lowest BCUT2D eigenvalue weighted by atomic mass is 10.2. The lowest BCUT2D eigenvalue weighted by Gasteiger charge is -2.23. The number of nitrogens with one attached hydrogen (secondary N) is 1. The molecule has 0 bridgehead atoms. The van der Waals surface area contributed by atoms with Gasteiger partial charge in [-0.2, -0.15) is 0 Å². The highest BCUT2D eigenvalue weighted by atomic mass is 35.5. The van der Waals surface area contributed by atoms with Gasteiger partial charge in [-0.05, 0) is 31.5 Å². The molecule has 19 heavy (non-hydrogen) atoms. The Morgan fingerprint density at radius 1 is 1.47 bits per heavy atom. The molecule has 0 aromatic heterocycles. The Morgan fingerprint density at radius 3 is 2.84 bits per heavy atom. The summed E-state index contributed by atoms with van der Waals surface area (Å²) >= 11 is 0. The van der Waals surface area contributed by atoms with Crippen LogP contribution in [0.25, 0.3) is 0 Å². The maximum Gasteiger partial charge on any atom is 0.260 e. The highest BCUT2D eigenvalue weighted by Crippen LogP contribution is 2.16. The van der Waals surface area contributed by atoms with Crippen LogP contribution in [0, 0.1) is 6.92 Å². The number of para-hydroxylation sites is 1. The lowest BCUT2D eigenvalue weighted by molar-refractivity contribution is -0.133. The molecule has 1 aromatic carbocycles. The second kappa shape index (κ2) is 7.36. The van der Waals surface area contributed by atoms with Gasteiger partial charge in [0, 0.05) is 19.6 Å². The van der Waals surface area contributed by atoms with Crippen molar-refractivity contribution in [2.45, 2.75) is 19.4 Å². The van der Waals surface area contributed by atoms with E-state index in [1.165, 1.54) is 0 Å². The number of benzene rings is 1. The van der Waals surface area contributed by atoms with Crippen LogP contribution in [-0.4, -0.2) is 43.6 Å². The summed E-state index contributed by atoms with van der Waals surface area (Å²) in [5.41, 5.74) is 1.05. The maximum absolute atomic E-state index is 12.0. The molecule has 5 heteroatoms. The van der Waals surface area contributed by atoms with Crippen LogP contribution >= 0.6 is 12.4 Å². The van der Waals surface area contributed by atoms with Crippen LogP contribution in [0.2, 0.25) is 0 Å². The summed E-state index contributed by atoms with van der Waals surface area (Å²) < 4.78 is 5.57. The van der Waals surface area contributed by atoms with Gasteiger partial charge < -0.3 is 15.0 Å². The zero-order valence-corrected chi connectivity index (χ0v) is 12.2. The fraction of sp³-hybridized carbons (Fsp3) is 0.500. The first-order valence-corrected chi connectivity index (χ1v) is 6.33. The van der Waals surface area contributed by atoms with Crippen molar-refractivity contribution in [3.8, 4) is 5.75 Å². The summed E-state index contributed by atoms with van der Waals surface area (Å²) in [5, 5.41) is 3.26. The van der Waals surface area contributed by atoms with Gasteiger partial charge in [-0.15, -0.1) is 12.4 Å². The SMILES string of the molecule is Cc1ccccc1OCC(=O)N(C)C1CCNC1.Cl. The van der Waals surface area contributed by atoms with Gasteiger partial charge in [-0.1, -0.05) is 18.2 Å². The third-order valence-electron chi connectivity index (χ3n) is 3.42. The van der Waals surface area contributed by atoms with E-state index in [0.717, 1.165) is 30.8 Å². The Morgan fingerprint density at radius 2 is 2.21 bits per heavy atom. The van der Waals surface area contributed by atoms with Crippen molar-refractivity contribution in [3.05, 3.63) is 29.8 Å². The molecule has 2 rings (SSSR count). The van der Waals surface area contributed by atoms with Crippen molar-refractivity contribution in [3.63, 3.8) is 0 Å². The molecule has 1 aliphatic rings. The number of hydrogen-bond acceptors (Lipinski definition) is 3. The molecule has 1 unspecified atom stereocenters. The number of hydrogen-bond donors (Lipinski definition) is 1. The molecule has 0 aliphatic carbocycles. The zero-order chi connectivity index (χ0) is 13.0. The molecule has 0 radical (unpaired) electrons. The lowest BCUT2D eigenvalue weighted by Crippen LogP contribution is -2.40. The smallest absolute Gasteiger partial charge is 0.260 e. The second-order valence-electron chi connectivity index (χ2n) is 4.71. The van der Waals surface area contributed by atoms with Gasteiger partial charge in [-0.3, -0.25) is 4.79 Å². The molecule has 0 spiro atoms. The number of likely N-dealkylation sites (N-methyl/N-ethyl adjacent to an activating group) is 1. The van der Waals surface area contributed by atoms with E-state index in [9.17, 15) is 4.79 Å². The third-order valence-corrected chi connectivity index (χ3v) is 3.42. The largest absolute Gasteiger partial charge is 0.484 e. The summed E-state index contributed by atoms with van der Waals surface area (Å²) in [6, 6.07) is 8.04. The third kappa shape index (κ3) is 4.11. The normalized spacial score (nSPS) is 17.7. The topological polar surface area (TPSA) is 41.6 Å². The summed E-state index contributed by atoms with van der Waals surface area (Å²) in [4.78, 5) is 13.8. The van der Waals surface area contributed by atoms with Crippen LogP contribution in [0.4, 0.5) is 0 Å². The van der Waals surface area contributed by atoms with E-state index in [-0.39, 0.29) is 24.9 Å². The zero-order valence-electron chi connectivity index (χ0n) is 11.4. The number of ether oxygens (including phenoxy) is 1. The predicted molar refractivity (Wildman–Crippen MR) is 78.0 cm³/mol. The number of rotatable bonds is 4. The van der Waals surface area contributed by atoms with Crippen molar-refractivity contribution in [2.24, 2.45) is 0 Å². The molecular weight excluding hydrogens is 264 g/mol. The molecule has 1 N–H and O–H groups in total. The van der Waals surface area contributed by atoms with Gasteiger partial charge in [0.15, 0.2) is 6.61 Å². The molecule has 106 valence electrons. The molecule has 4 nitrogen and oxygen atoms in total. The summed E-state index contributed by atoms with van der Waals surface area (Å²) in [6.07, 6.45) is 1.02. The van der Waals surface area contributed by atoms with Crippen molar-refractivity contribution in [1.82, 2.24) is 10.2 Å². The number of amides is 1. The number of aryl methyl sites for hydroxylation is 1. The van der Waals surface area contributed by atoms with E-state index in [1.807, 2.05) is 38.2 Å². The van der Waals surface area contributed by atoms with Gasteiger partial charge >= 0.3 is 0 Å². The fourth-order valence-electron chi connectivity index (χ4n) is 2.13.